The Hall–Kier alpha value is -3.02. The monoisotopic (exact) mass is 378 g/mol. The summed E-state index contributed by atoms with van der Waals surface area (Å²) in [4.78, 5) is 22.9. The predicted octanol–water partition coefficient (Wildman–Crippen LogP) is 4.60. The molecule has 1 aliphatic rings. The molecule has 1 unspecified atom stereocenters. The number of aromatic amines is 1. The van der Waals surface area contributed by atoms with Crippen LogP contribution in [0.15, 0.2) is 36.4 Å². The van der Waals surface area contributed by atoms with Crippen LogP contribution in [0.25, 0.3) is 11.0 Å². The van der Waals surface area contributed by atoms with E-state index < -0.39 is 0 Å². The molecule has 1 atom stereocenters. The third-order valence-corrected chi connectivity index (χ3v) is 5.53. The van der Waals surface area contributed by atoms with E-state index in [0.717, 1.165) is 47.7 Å². The van der Waals surface area contributed by atoms with E-state index in [1.165, 1.54) is 11.1 Å². The Kier molecular flexibility index (Phi) is 4.94. The molecule has 6 nitrogen and oxygen atoms in total. The van der Waals surface area contributed by atoms with Crippen LogP contribution >= 0.6 is 0 Å². The van der Waals surface area contributed by atoms with Crippen LogP contribution in [-0.2, 0) is 0 Å². The summed E-state index contributed by atoms with van der Waals surface area (Å²) in [7, 11) is 1.62. The van der Waals surface area contributed by atoms with Gasteiger partial charge in [-0.3, -0.25) is 0 Å². The highest BCUT2D eigenvalue weighted by molar-refractivity contribution is 5.89. The molecule has 6 heteroatoms. The molecule has 2 heterocycles. The van der Waals surface area contributed by atoms with Crippen LogP contribution in [0.3, 0.4) is 0 Å². The van der Waals surface area contributed by atoms with Crippen LogP contribution < -0.4 is 10.1 Å². The number of ether oxygens (including phenoxy) is 1. The van der Waals surface area contributed by atoms with E-state index in [4.69, 9.17) is 9.72 Å². The van der Waals surface area contributed by atoms with Crippen LogP contribution in [0.5, 0.6) is 5.75 Å². The lowest BCUT2D eigenvalue weighted by atomic mass is 9.97. The third kappa shape index (κ3) is 3.67. The number of fused-ring (bicyclic) bond motifs is 1. The summed E-state index contributed by atoms with van der Waals surface area (Å²) in [5, 5.41) is 2.98. The molecule has 146 valence electrons. The van der Waals surface area contributed by atoms with Crippen molar-refractivity contribution in [1.29, 1.82) is 0 Å². The van der Waals surface area contributed by atoms with E-state index in [-0.39, 0.29) is 11.9 Å². The van der Waals surface area contributed by atoms with Crippen molar-refractivity contribution in [2.24, 2.45) is 0 Å². The fourth-order valence-electron chi connectivity index (χ4n) is 3.77. The molecule has 2 N–H and O–H groups in total. The molecule has 28 heavy (non-hydrogen) atoms. The summed E-state index contributed by atoms with van der Waals surface area (Å²) in [5.41, 5.74) is 5.30. The molecule has 4 rings (SSSR count). The Balaban J connectivity index is 1.48. The van der Waals surface area contributed by atoms with Gasteiger partial charge in [0, 0.05) is 30.8 Å². The molecule has 1 aliphatic heterocycles. The minimum Gasteiger partial charge on any atom is -0.497 e. The quantitative estimate of drug-likeness (QED) is 0.700. The zero-order valence-corrected chi connectivity index (χ0v) is 16.6. The first kappa shape index (κ1) is 18.3. The van der Waals surface area contributed by atoms with E-state index in [1.54, 1.807) is 7.11 Å². The first-order valence-electron chi connectivity index (χ1n) is 9.70. The molecule has 0 aliphatic carbocycles. The molecule has 2 amide bonds. The topological polar surface area (TPSA) is 70.2 Å². The Morgan fingerprint density at radius 3 is 2.89 bits per heavy atom. The van der Waals surface area contributed by atoms with Crippen molar-refractivity contribution in [1.82, 2.24) is 14.9 Å². The van der Waals surface area contributed by atoms with E-state index in [9.17, 15) is 4.79 Å². The number of urea groups is 1. The lowest BCUT2D eigenvalue weighted by Crippen LogP contribution is -2.41. The number of amides is 2. The van der Waals surface area contributed by atoms with Gasteiger partial charge in [-0.15, -0.1) is 0 Å². The van der Waals surface area contributed by atoms with Gasteiger partial charge in [0.05, 0.1) is 18.1 Å². The van der Waals surface area contributed by atoms with E-state index >= 15 is 0 Å². The smallest absolute Gasteiger partial charge is 0.321 e. The lowest BCUT2D eigenvalue weighted by Gasteiger charge is -2.31. The lowest BCUT2D eigenvalue weighted by molar-refractivity contribution is 0.191. The number of anilines is 1. The summed E-state index contributed by atoms with van der Waals surface area (Å²) in [5.74, 6) is 1.92. The maximum absolute atomic E-state index is 12.7. The van der Waals surface area contributed by atoms with Crippen molar-refractivity contribution in [2.75, 3.05) is 25.5 Å². The number of aromatic nitrogens is 2. The van der Waals surface area contributed by atoms with Gasteiger partial charge >= 0.3 is 6.03 Å². The molecule has 3 aromatic rings. The fourth-order valence-corrected chi connectivity index (χ4v) is 3.77. The van der Waals surface area contributed by atoms with Crippen molar-refractivity contribution in [3.8, 4) is 5.75 Å². The fraction of sp³-hybridized carbons (Fsp3) is 0.364. The summed E-state index contributed by atoms with van der Waals surface area (Å²) < 4.78 is 5.23. The number of hydrogen-bond donors (Lipinski definition) is 2. The molecule has 0 radical (unpaired) electrons. The van der Waals surface area contributed by atoms with E-state index in [1.807, 2.05) is 29.2 Å². The number of carbonyl (C=O) groups excluding carboxylic acids is 1. The van der Waals surface area contributed by atoms with Gasteiger partial charge < -0.3 is 19.9 Å². The predicted molar refractivity (Wildman–Crippen MR) is 111 cm³/mol. The molecular weight excluding hydrogens is 352 g/mol. The first-order valence-corrected chi connectivity index (χ1v) is 9.70. The second-order valence-electron chi connectivity index (χ2n) is 7.52. The molecule has 0 saturated carbocycles. The SMILES string of the molecule is COc1cccc(NC(=O)N2CCCC(c3nc4cc(C)c(C)cc4[nH]3)C2)c1. The van der Waals surface area contributed by atoms with Gasteiger partial charge in [0.15, 0.2) is 0 Å². The molecular formula is C22H26N4O2. The van der Waals surface area contributed by atoms with Crippen molar-refractivity contribution in [2.45, 2.75) is 32.6 Å². The molecule has 0 bridgehead atoms. The third-order valence-electron chi connectivity index (χ3n) is 5.53. The number of benzene rings is 2. The highest BCUT2D eigenvalue weighted by atomic mass is 16.5. The number of methoxy groups -OCH3 is 1. The zero-order valence-electron chi connectivity index (χ0n) is 16.6. The van der Waals surface area contributed by atoms with Gasteiger partial charge in [-0.1, -0.05) is 6.07 Å². The van der Waals surface area contributed by atoms with Crippen molar-refractivity contribution in [3.63, 3.8) is 0 Å². The van der Waals surface area contributed by atoms with Crippen LogP contribution in [0.2, 0.25) is 0 Å². The Bertz CT molecular complexity index is 972. The standard InChI is InChI=1S/C22H26N4O2/c1-14-10-19-20(11-15(14)2)25-21(24-19)16-6-5-9-26(13-16)22(27)23-17-7-4-8-18(12-17)28-3/h4,7-8,10-12,16H,5-6,9,13H2,1-3H3,(H,23,27)(H,24,25). The summed E-state index contributed by atoms with van der Waals surface area (Å²) in [6.07, 6.45) is 1.99. The summed E-state index contributed by atoms with van der Waals surface area (Å²) in [6.45, 7) is 5.63. The number of hydrogen-bond acceptors (Lipinski definition) is 3. The average molecular weight is 378 g/mol. The number of imidazole rings is 1. The van der Waals surface area contributed by atoms with Gasteiger partial charge in [0.2, 0.25) is 0 Å². The number of carbonyl (C=O) groups is 1. The number of rotatable bonds is 3. The van der Waals surface area contributed by atoms with Gasteiger partial charge in [-0.25, -0.2) is 9.78 Å². The minimum absolute atomic E-state index is 0.0826. The molecule has 1 aromatic heterocycles. The maximum Gasteiger partial charge on any atom is 0.321 e. The van der Waals surface area contributed by atoms with Gasteiger partial charge in [0.1, 0.15) is 11.6 Å². The number of piperidine rings is 1. The van der Waals surface area contributed by atoms with Crippen molar-refractivity contribution >= 4 is 22.8 Å². The number of nitrogens with zero attached hydrogens (tertiary/aromatic N) is 2. The number of nitrogens with one attached hydrogen (secondary N) is 2. The van der Waals surface area contributed by atoms with Crippen LogP contribution in [0.4, 0.5) is 10.5 Å². The van der Waals surface area contributed by atoms with Gasteiger partial charge in [0.25, 0.3) is 0 Å². The maximum atomic E-state index is 12.7. The summed E-state index contributed by atoms with van der Waals surface area (Å²) >= 11 is 0. The van der Waals surface area contributed by atoms with Gasteiger partial charge in [-0.05, 0) is 62.1 Å². The first-order chi connectivity index (χ1) is 13.5. The number of H-pyrrole nitrogens is 1. The van der Waals surface area contributed by atoms with Crippen LogP contribution in [0, 0.1) is 13.8 Å². The minimum atomic E-state index is -0.0826. The van der Waals surface area contributed by atoms with Crippen LogP contribution in [-0.4, -0.2) is 41.1 Å². The molecule has 0 spiro atoms. The molecule has 2 aromatic carbocycles. The Morgan fingerprint density at radius 2 is 2.07 bits per heavy atom. The van der Waals surface area contributed by atoms with Crippen molar-refractivity contribution in [3.05, 3.63) is 53.3 Å². The van der Waals surface area contributed by atoms with Crippen molar-refractivity contribution < 1.29 is 9.53 Å². The average Bonchev–Trinajstić information content (AvgIpc) is 3.11. The zero-order chi connectivity index (χ0) is 19.7. The normalized spacial score (nSPS) is 17.0. The molecule has 1 saturated heterocycles. The highest BCUT2D eigenvalue weighted by Gasteiger charge is 2.27. The number of aryl methyl sites for hydroxylation is 2. The van der Waals surface area contributed by atoms with Crippen LogP contribution in [0.1, 0.15) is 35.7 Å². The van der Waals surface area contributed by atoms with E-state index in [0.29, 0.717) is 6.54 Å². The number of likely N-dealkylation sites (tertiary alicyclic amines) is 1. The second kappa shape index (κ2) is 7.54. The Labute approximate surface area is 164 Å². The largest absolute Gasteiger partial charge is 0.497 e. The molecule has 1 fully saturated rings. The highest BCUT2D eigenvalue weighted by Crippen LogP contribution is 2.28. The summed E-state index contributed by atoms with van der Waals surface area (Å²) in [6, 6.07) is 11.6. The Morgan fingerprint density at radius 1 is 1.25 bits per heavy atom. The van der Waals surface area contributed by atoms with Gasteiger partial charge in [-0.2, -0.15) is 0 Å². The van der Waals surface area contributed by atoms with E-state index in [2.05, 4.69) is 36.3 Å². The second-order valence-corrected chi connectivity index (χ2v) is 7.52.